The van der Waals surface area contributed by atoms with E-state index < -0.39 is 12.0 Å². The maximum Gasteiger partial charge on any atom is 0.260 e. The number of primary amides is 1. The van der Waals surface area contributed by atoms with Gasteiger partial charge in [0.05, 0.1) is 18.8 Å². The van der Waals surface area contributed by atoms with Crippen LogP contribution in [0.2, 0.25) is 0 Å². The minimum Gasteiger partial charge on any atom is -0.477 e. The number of hydrogen-bond donors (Lipinski definition) is 1. The van der Waals surface area contributed by atoms with E-state index in [0.29, 0.717) is 11.4 Å². The minimum absolute atomic E-state index is 0.119. The predicted molar refractivity (Wildman–Crippen MR) is 92.1 cm³/mol. The second kappa shape index (κ2) is 6.62. The molecule has 0 aromatic heterocycles. The van der Waals surface area contributed by atoms with Crippen molar-refractivity contribution in [3.63, 3.8) is 0 Å². The predicted octanol–water partition coefficient (Wildman–Crippen LogP) is 1.40. The van der Waals surface area contributed by atoms with Crippen molar-refractivity contribution in [2.75, 3.05) is 29.9 Å². The maximum absolute atomic E-state index is 12.8. The van der Waals surface area contributed by atoms with Gasteiger partial charge in [0.25, 0.3) is 5.91 Å². The summed E-state index contributed by atoms with van der Waals surface area (Å²) in [5.41, 5.74) is 6.96. The summed E-state index contributed by atoms with van der Waals surface area (Å²) in [7, 11) is 1.85. The Kier molecular flexibility index (Phi) is 4.37. The van der Waals surface area contributed by atoms with Gasteiger partial charge in [-0.15, -0.1) is 0 Å². The first-order valence-electron chi connectivity index (χ1n) is 7.68. The molecule has 0 radical (unpaired) electrons. The van der Waals surface area contributed by atoms with Gasteiger partial charge in [0, 0.05) is 12.7 Å². The zero-order valence-corrected chi connectivity index (χ0v) is 13.4. The molecular formula is C18H19N3O3. The zero-order chi connectivity index (χ0) is 17.1. The molecule has 1 aliphatic rings. The Hall–Kier alpha value is -3.02. The van der Waals surface area contributed by atoms with Crippen LogP contribution < -0.4 is 20.3 Å². The number of para-hydroxylation sites is 3. The summed E-state index contributed by atoms with van der Waals surface area (Å²) in [6.45, 7) is 0.303. The lowest BCUT2D eigenvalue weighted by atomic mass is 10.1. The van der Waals surface area contributed by atoms with Crippen LogP contribution >= 0.6 is 0 Å². The van der Waals surface area contributed by atoms with Gasteiger partial charge >= 0.3 is 0 Å². The molecule has 124 valence electrons. The van der Waals surface area contributed by atoms with E-state index in [0.717, 1.165) is 5.69 Å². The molecule has 0 fully saturated rings. The number of hydrogen-bond acceptors (Lipinski definition) is 4. The molecule has 3 rings (SSSR count). The Labute approximate surface area is 140 Å². The number of ether oxygens (including phenoxy) is 1. The molecule has 2 N–H and O–H groups in total. The molecule has 2 aromatic carbocycles. The average molecular weight is 325 g/mol. The van der Waals surface area contributed by atoms with Crippen molar-refractivity contribution in [1.29, 1.82) is 0 Å². The average Bonchev–Trinajstić information content (AvgIpc) is 2.61. The first-order chi connectivity index (χ1) is 11.6. The number of carbonyl (C=O) groups is 2. The lowest BCUT2D eigenvalue weighted by molar-refractivity contribution is -0.125. The van der Waals surface area contributed by atoms with E-state index in [-0.39, 0.29) is 19.0 Å². The molecule has 1 atom stereocenters. The van der Waals surface area contributed by atoms with E-state index >= 15 is 0 Å². The molecule has 6 heteroatoms. The largest absolute Gasteiger partial charge is 0.477 e. The number of nitrogens with two attached hydrogens (primary N) is 1. The summed E-state index contributed by atoms with van der Waals surface area (Å²) in [5, 5.41) is 0. The Balaban J connectivity index is 1.82. The lowest BCUT2D eigenvalue weighted by Gasteiger charge is -2.34. The molecule has 1 aliphatic heterocycles. The van der Waals surface area contributed by atoms with Gasteiger partial charge in [-0.3, -0.25) is 9.59 Å². The van der Waals surface area contributed by atoms with Crippen LogP contribution in [0.15, 0.2) is 54.6 Å². The molecule has 1 unspecified atom stereocenters. The van der Waals surface area contributed by atoms with Crippen molar-refractivity contribution in [2.24, 2.45) is 5.73 Å². The fraction of sp³-hybridized carbons (Fsp3) is 0.222. The van der Waals surface area contributed by atoms with Crippen molar-refractivity contribution in [1.82, 2.24) is 0 Å². The maximum atomic E-state index is 12.8. The Morgan fingerprint density at radius 2 is 1.83 bits per heavy atom. The van der Waals surface area contributed by atoms with Crippen LogP contribution in [-0.2, 0) is 9.59 Å². The van der Waals surface area contributed by atoms with Crippen LogP contribution in [-0.4, -0.2) is 38.1 Å². The summed E-state index contributed by atoms with van der Waals surface area (Å²) in [6.07, 6.45) is -0.842. The summed E-state index contributed by atoms with van der Waals surface area (Å²) in [6, 6.07) is 16.8. The van der Waals surface area contributed by atoms with E-state index in [4.69, 9.17) is 10.5 Å². The number of likely N-dealkylation sites (N-methyl/N-ethyl adjacent to an activating group) is 1. The van der Waals surface area contributed by atoms with Crippen LogP contribution in [0.5, 0.6) is 5.75 Å². The molecule has 6 nitrogen and oxygen atoms in total. The number of fused-ring (bicyclic) bond motifs is 1. The molecule has 2 amide bonds. The highest BCUT2D eigenvalue weighted by Crippen LogP contribution is 2.33. The van der Waals surface area contributed by atoms with Crippen molar-refractivity contribution < 1.29 is 14.3 Å². The molecule has 0 bridgehead atoms. The van der Waals surface area contributed by atoms with Gasteiger partial charge in [0.2, 0.25) is 5.91 Å². The second-order valence-corrected chi connectivity index (χ2v) is 5.67. The molecular weight excluding hydrogens is 306 g/mol. The quantitative estimate of drug-likeness (QED) is 0.922. The Bertz CT molecular complexity index is 748. The first kappa shape index (κ1) is 15.9. The normalized spacial score (nSPS) is 16.0. The summed E-state index contributed by atoms with van der Waals surface area (Å²) >= 11 is 0. The third kappa shape index (κ3) is 3.17. The molecule has 0 spiro atoms. The summed E-state index contributed by atoms with van der Waals surface area (Å²) in [4.78, 5) is 27.7. The molecule has 0 aliphatic carbocycles. The van der Waals surface area contributed by atoms with E-state index in [9.17, 15) is 9.59 Å². The van der Waals surface area contributed by atoms with E-state index in [1.54, 1.807) is 23.1 Å². The highest BCUT2D eigenvalue weighted by Gasteiger charge is 2.32. The minimum atomic E-state index is -0.842. The SMILES string of the molecule is CN(CC(=O)N1CC(C(N)=O)Oc2ccccc21)c1ccccc1. The highest BCUT2D eigenvalue weighted by atomic mass is 16.5. The molecule has 0 saturated carbocycles. The lowest BCUT2D eigenvalue weighted by Crippen LogP contribution is -2.51. The summed E-state index contributed by atoms with van der Waals surface area (Å²) < 4.78 is 5.58. The van der Waals surface area contributed by atoms with Gasteiger partial charge < -0.3 is 20.3 Å². The topological polar surface area (TPSA) is 75.9 Å². The molecule has 24 heavy (non-hydrogen) atoms. The van der Waals surface area contributed by atoms with Crippen LogP contribution in [0.4, 0.5) is 11.4 Å². The fourth-order valence-corrected chi connectivity index (χ4v) is 2.68. The van der Waals surface area contributed by atoms with Gasteiger partial charge in [0.15, 0.2) is 6.10 Å². The number of nitrogens with zero attached hydrogens (tertiary/aromatic N) is 2. The molecule has 2 aromatic rings. The standard InChI is InChI=1S/C18H19N3O3/c1-20(13-7-3-2-4-8-13)12-17(22)21-11-16(18(19)23)24-15-10-6-5-9-14(15)21/h2-10,16H,11-12H2,1H3,(H2,19,23). The van der Waals surface area contributed by atoms with Crippen LogP contribution in [0, 0.1) is 0 Å². The summed E-state index contributed by atoms with van der Waals surface area (Å²) in [5.74, 6) is -0.217. The van der Waals surface area contributed by atoms with Gasteiger partial charge in [-0.2, -0.15) is 0 Å². The van der Waals surface area contributed by atoms with Crippen molar-refractivity contribution >= 4 is 23.2 Å². The third-order valence-electron chi connectivity index (χ3n) is 3.96. The number of amides is 2. The van der Waals surface area contributed by atoms with Crippen LogP contribution in [0.3, 0.4) is 0 Å². The zero-order valence-electron chi connectivity index (χ0n) is 13.4. The van der Waals surface area contributed by atoms with Crippen LogP contribution in [0.1, 0.15) is 0 Å². The van der Waals surface area contributed by atoms with E-state index in [2.05, 4.69) is 0 Å². The Morgan fingerprint density at radius 1 is 1.17 bits per heavy atom. The molecule has 1 heterocycles. The third-order valence-corrected chi connectivity index (χ3v) is 3.96. The van der Waals surface area contributed by atoms with Crippen molar-refractivity contribution in [3.05, 3.63) is 54.6 Å². The van der Waals surface area contributed by atoms with Gasteiger partial charge in [0.1, 0.15) is 5.75 Å². The van der Waals surface area contributed by atoms with E-state index in [1.807, 2.05) is 48.3 Å². The van der Waals surface area contributed by atoms with Crippen molar-refractivity contribution in [3.8, 4) is 5.75 Å². The number of rotatable bonds is 4. The van der Waals surface area contributed by atoms with Gasteiger partial charge in [-0.25, -0.2) is 0 Å². The van der Waals surface area contributed by atoms with Crippen molar-refractivity contribution in [2.45, 2.75) is 6.10 Å². The van der Waals surface area contributed by atoms with Gasteiger partial charge in [-0.1, -0.05) is 30.3 Å². The van der Waals surface area contributed by atoms with E-state index in [1.165, 1.54) is 0 Å². The second-order valence-electron chi connectivity index (χ2n) is 5.67. The number of anilines is 2. The monoisotopic (exact) mass is 325 g/mol. The smallest absolute Gasteiger partial charge is 0.260 e. The first-order valence-corrected chi connectivity index (χ1v) is 7.68. The Morgan fingerprint density at radius 3 is 2.54 bits per heavy atom. The molecule has 0 saturated heterocycles. The van der Waals surface area contributed by atoms with Crippen LogP contribution in [0.25, 0.3) is 0 Å². The highest BCUT2D eigenvalue weighted by molar-refractivity contribution is 5.99. The number of carbonyl (C=O) groups excluding carboxylic acids is 2. The number of benzene rings is 2. The van der Waals surface area contributed by atoms with Gasteiger partial charge in [-0.05, 0) is 24.3 Å². The fourth-order valence-electron chi connectivity index (χ4n) is 2.68.